The van der Waals surface area contributed by atoms with Gasteiger partial charge in [0.05, 0.1) is 11.8 Å². The van der Waals surface area contributed by atoms with Crippen molar-refractivity contribution in [2.24, 2.45) is 5.73 Å². The van der Waals surface area contributed by atoms with Crippen LogP contribution < -0.4 is 21.3 Å². The normalized spacial score (nSPS) is 17.1. The van der Waals surface area contributed by atoms with Crippen molar-refractivity contribution in [3.63, 3.8) is 0 Å². The Bertz CT molecular complexity index is 1270. The molecule has 37 heavy (non-hydrogen) atoms. The van der Waals surface area contributed by atoms with E-state index in [1.807, 2.05) is 37.3 Å². The molecule has 10 nitrogen and oxygen atoms in total. The number of benzene rings is 2. The Kier molecular flexibility index (Phi) is 7.97. The number of nitrogens with zero attached hydrogens (tertiary/aromatic N) is 3. The van der Waals surface area contributed by atoms with E-state index >= 15 is 0 Å². The van der Waals surface area contributed by atoms with Crippen LogP contribution >= 0.6 is 0 Å². The summed E-state index contributed by atoms with van der Waals surface area (Å²) in [4.78, 5) is 47.0. The third-order valence-corrected chi connectivity index (χ3v) is 6.26. The molecule has 192 valence electrons. The SMILES string of the molecule is CC(=O)N[C@@H]1CCCN(c2cnc(C(N)=O)c(Nc3ccc(C(=O)OCc4ccccc4)cc3)n2)[C@@H]1C. The van der Waals surface area contributed by atoms with Gasteiger partial charge < -0.3 is 26.0 Å². The quantitative estimate of drug-likeness (QED) is 0.399. The zero-order valence-electron chi connectivity index (χ0n) is 20.8. The summed E-state index contributed by atoms with van der Waals surface area (Å²) < 4.78 is 5.37. The van der Waals surface area contributed by atoms with Crippen LogP contribution in [0.2, 0.25) is 0 Å². The summed E-state index contributed by atoms with van der Waals surface area (Å²) in [6.45, 7) is 4.44. The van der Waals surface area contributed by atoms with E-state index in [4.69, 9.17) is 10.5 Å². The van der Waals surface area contributed by atoms with Crippen LogP contribution in [0.1, 0.15) is 53.1 Å². The number of carbonyl (C=O) groups is 3. The summed E-state index contributed by atoms with van der Waals surface area (Å²) in [5.41, 5.74) is 7.43. The standard InChI is InChI=1S/C27H30N6O4/c1-17-22(30-18(2)34)9-6-14-33(17)23-15-29-24(25(28)35)26(32-23)31-21-12-10-20(11-13-21)27(36)37-16-19-7-4-3-5-8-19/h3-5,7-8,10-13,15,17,22H,6,9,14,16H2,1-2H3,(H2,28,35)(H,30,34)(H,31,32)/t17-,22-/m1/s1. The molecule has 3 aromatic rings. The van der Waals surface area contributed by atoms with Crippen molar-refractivity contribution in [3.05, 3.63) is 77.6 Å². The number of nitrogens with two attached hydrogens (primary N) is 1. The number of hydrogen-bond acceptors (Lipinski definition) is 8. The maximum Gasteiger partial charge on any atom is 0.338 e. The summed E-state index contributed by atoms with van der Waals surface area (Å²) in [7, 11) is 0. The molecule has 2 heterocycles. The van der Waals surface area contributed by atoms with Gasteiger partial charge in [0.15, 0.2) is 11.5 Å². The summed E-state index contributed by atoms with van der Waals surface area (Å²) in [6, 6.07) is 16.0. The van der Waals surface area contributed by atoms with Crippen LogP contribution in [0.4, 0.5) is 17.3 Å². The van der Waals surface area contributed by atoms with Crippen molar-refractivity contribution in [3.8, 4) is 0 Å². The Morgan fingerprint density at radius 1 is 1.11 bits per heavy atom. The third kappa shape index (κ3) is 6.40. The number of rotatable bonds is 8. The number of aromatic nitrogens is 2. The highest BCUT2D eigenvalue weighted by Gasteiger charge is 2.30. The molecule has 1 aliphatic rings. The average molecular weight is 503 g/mol. The molecule has 0 unspecified atom stereocenters. The number of hydrogen-bond donors (Lipinski definition) is 3. The molecule has 0 saturated carbocycles. The lowest BCUT2D eigenvalue weighted by molar-refractivity contribution is -0.119. The Morgan fingerprint density at radius 3 is 2.51 bits per heavy atom. The molecule has 0 spiro atoms. The first-order chi connectivity index (χ1) is 17.8. The van der Waals surface area contributed by atoms with E-state index in [1.54, 1.807) is 24.3 Å². The van der Waals surface area contributed by atoms with Crippen molar-refractivity contribution in [2.75, 3.05) is 16.8 Å². The summed E-state index contributed by atoms with van der Waals surface area (Å²) in [5.74, 6) is -0.466. The molecule has 0 radical (unpaired) electrons. The van der Waals surface area contributed by atoms with Crippen molar-refractivity contribution in [2.45, 2.75) is 45.4 Å². The van der Waals surface area contributed by atoms with E-state index in [2.05, 4.69) is 25.5 Å². The molecule has 0 bridgehead atoms. The lowest BCUT2D eigenvalue weighted by Crippen LogP contribution is -2.54. The second-order valence-corrected chi connectivity index (χ2v) is 8.94. The molecule has 1 saturated heterocycles. The van der Waals surface area contributed by atoms with Crippen LogP contribution in [0, 0.1) is 0 Å². The lowest BCUT2D eigenvalue weighted by atomic mass is 9.97. The number of primary amides is 1. The molecule has 2 aromatic carbocycles. The smallest absolute Gasteiger partial charge is 0.338 e. The van der Waals surface area contributed by atoms with Gasteiger partial charge in [-0.25, -0.2) is 14.8 Å². The zero-order chi connectivity index (χ0) is 26.4. The van der Waals surface area contributed by atoms with Crippen molar-refractivity contribution in [1.29, 1.82) is 0 Å². The molecular formula is C27H30N6O4. The maximum absolute atomic E-state index is 12.4. The van der Waals surface area contributed by atoms with Gasteiger partial charge in [-0.3, -0.25) is 9.59 Å². The van der Waals surface area contributed by atoms with Crippen LogP contribution in [0.25, 0.3) is 0 Å². The van der Waals surface area contributed by atoms with Gasteiger partial charge in [-0.15, -0.1) is 0 Å². The summed E-state index contributed by atoms with van der Waals surface area (Å²) in [6.07, 6.45) is 3.26. The number of anilines is 3. The minimum absolute atomic E-state index is 0.00169. The van der Waals surface area contributed by atoms with E-state index in [-0.39, 0.29) is 36.1 Å². The number of nitrogens with one attached hydrogen (secondary N) is 2. The van der Waals surface area contributed by atoms with Gasteiger partial charge in [-0.2, -0.15) is 0 Å². The Morgan fingerprint density at radius 2 is 1.84 bits per heavy atom. The fourth-order valence-corrected chi connectivity index (χ4v) is 4.34. The van der Waals surface area contributed by atoms with Gasteiger partial charge in [0.1, 0.15) is 12.4 Å². The molecular weight excluding hydrogens is 472 g/mol. The first-order valence-corrected chi connectivity index (χ1v) is 12.1. The highest BCUT2D eigenvalue weighted by atomic mass is 16.5. The number of ether oxygens (including phenoxy) is 1. The fourth-order valence-electron chi connectivity index (χ4n) is 4.34. The minimum Gasteiger partial charge on any atom is -0.457 e. The van der Waals surface area contributed by atoms with Crippen LogP contribution in [0.5, 0.6) is 0 Å². The van der Waals surface area contributed by atoms with Crippen molar-refractivity contribution < 1.29 is 19.1 Å². The van der Waals surface area contributed by atoms with Crippen LogP contribution in [-0.2, 0) is 16.1 Å². The van der Waals surface area contributed by atoms with Crippen molar-refractivity contribution in [1.82, 2.24) is 15.3 Å². The molecule has 2 amide bonds. The first kappa shape index (κ1) is 25.6. The Balaban J connectivity index is 1.49. The van der Waals surface area contributed by atoms with Gasteiger partial charge in [0.25, 0.3) is 5.91 Å². The van der Waals surface area contributed by atoms with E-state index in [0.717, 1.165) is 24.9 Å². The van der Waals surface area contributed by atoms with Gasteiger partial charge in [0, 0.05) is 31.2 Å². The van der Waals surface area contributed by atoms with E-state index in [1.165, 1.54) is 13.1 Å². The maximum atomic E-state index is 12.4. The highest BCUT2D eigenvalue weighted by Crippen LogP contribution is 2.26. The lowest BCUT2D eigenvalue weighted by Gasteiger charge is -2.40. The van der Waals surface area contributed by atoms with E-state index in [9.17, 15) is 14.4 Å². The molecule has 4 rings (SSSR count). The number of piperidine rings is 1. The highest BCUT2D eigenvalue weighted by molar-refractivity contribution is 5.96. The van der Waals surface area contributed by atoms with Gasteiger partial charge >= 0.3 is 5.97 Å². The van der Waals surface area contributed by atoms with Crippen LogP contribution in [-0.4, -0.2) is 46.4 Å². The van der Waals surface area contributed by atoms with E-state index in [0.29, 0.717) is 17.1 Å². The first-order valence-electron chi connectivity index (χ1n) is 12.1. The van der Waals surface area contributed by atoms with Crippen molar-refractivity contribution >= 4 is 35.1 Å². The minimum atomic E-state index is -0.717. The molecule has 10 heteroatoms. The average Bonchev–Trinajstić information content (AvgIpc) is 2.89. The van der Waals surface area contributed by atoms with Gasteiger partial charge in [-0.05, 0) is 49.6 Å². The number of amides is 2. The topological polar surface area (TPSA) is 140 Å². The molecule has 1 aliphatic heterocycles. The van der Waals surface area contributed by atoms with E-state index < -0.39 is 11.9 Å². The zero-order valence-corrected chi connectivity index (χ0v) is 20.8. The Labute approximate surface area is 215 Å². The molecule has 2 atom stereocenters. The number of esters is 1. The van der Waals surface area contributed by atoms with Crippen LogP contribution in [0.3, 0.4) is 0 Å². The number of carbonyl (C=O) groups excluding carboxylic acids is 3. The molecule has 0 aliphatic carbocycles. The second kappa shape index (κ2) is 11.5. The summed E-state index contributed by atoms with van der Waals surface area (Å²) in [5, 5.41) is 6.08. The largest absolute Gasteiger partial charge is 0.457 e. The molecule has 1 fully saturated rings. The Hall–Kier alpha value is -4.47. The second-order valence-electron chi connectivity index (χ2n) is 8.94. The summed E-state index contributed by atoms with van der Waals surface area (Å²) >= 11 is 0. The molecule has 1 aromatic heterocycles. The predicted octanol–water partition coefficient (Wildman–Crippen LogP) is 3.17. The fraction of sp³-hybridized carbons (Fsp3) is 0.296. The third-order valence-electron chi connectivity index (χ3n) is 6.26. The predicted molar refractivity (Wildman–Crippen MR) is 139 cm³/mol. The monoisotopic (exact) mass is 502 g/mol. The van der Waals surface area contributed by atoms with Crippen LogP contribution in [0.15, 0.2) is 60.8 Å². The molecule has 4 N–H and O–H groups in total. The van der Waals surface area contributed by atoms with Gasteiger partial charge in [0.2, 0.25) is 5.91 Å². The van der Waals surface area contributed by atoms with Gasteiger partial charge in [-0.1, -0.05) is 30.3 Å².